The Morgan fingerprint density at radius 1 is 0.860 bits per heavy atom. The van der Waals surface area contributed by atoms with E-state index in [4.69, 9.17) is 9.72 Å². The first kappa shape index (κ1) is 31.1. The molecule has 4 aromatic rings. The van der Waals surface area contributed by atoms with E-state index in [1.54, 1.807) is 12.4 Å². The van der Waals surface area contributed by atoms with Crippen LogP contribution in [0.25, 0.3) is 22.1 Å². The van der Waals surface area contributed by atoms with Gasteiger partial charge in [0.1, 0.15) is 22.4 Å². The van der Waals surface area contributed by atoms with E-state index in [9.17, 15) is 9.59 Å². The lowest BCUT2D eigenvalue weighted by Gasteiger charge is -2.29. The fourth-order valence-corrected chi connectivity index (χ4v) is 6.46. The molecule has 11 heteroatoms. The van der Waals surface area contributed by atoms with Crippen LogP contribution in [0.4, 0.5) is 0 Å². The number of nitrogens with zero attached hydrogens (tertiary/aromatic N) is 6. The van der Waals surface area contributed by atoms with Crippen LogP contribution in [-0.2, 0) is 17.6 Å². The van der Waals surface area contributed by atoms with Crippen LogP contribution >= 0.6 is 0 Å². The van der Waals surface area contributed by atoms with Crippen molar-refractivity contribution in [2.75, 3.05) is 13.2 Å². The fourth-order valence-electron chi connectivity index (χ4n) is 6.46. The summed E-state index contributed by atoms with van der Waals surface area (Å²) >= 11 is 0. The molecule has 4 aromatic heterocycles. The van der Waals surface area contributed by atoms with Gasteiger partial charge in [0.2, 0.25) is 0 Å². The van der Waals surface area contributed by atoms with Crippen LogP contribution < -0.4 is 11.1 Å². The molecule has 0 bridgehead atoms. The molecule has 2 unspecified atom stereocenters. The van der Waals surface area contributed by atoms with Gasteiger partial charge >= 0.3 is 0 Å². The Kier molecular flexibility index (Phi) is 10.1. The lowest BCUT2D eigenvalue weighted by atomic mass is 9.96. The molecule has 2 N–H and O–H groups in total. The van der Waals surface area contributed by atoms with Crippen LogP contribution in [0.5, 0.6) is 0 Å². The molecule has 2 fully saturated rings. The summed E-state index contributed by atoms with van der Waals surface area (Å²) in [6.45, 7) is 12.2. The van der Waals surface area contributed by atoms with Gasteiger partial charge < -0.3 is 14.7 Å². The topological polar surface area (TPSA) is 136 Å². The van der Waals surface area contributed by atoms with Gasteiger partial charge in [0.05, 0.1) is 31.1 Å². The maximum atomic E-state index is 12.3. The van der Waals surface area contributed by atoms with Gasteiger partial charge in [0, 0.05) is 25.4 Å². The standard InChI is InChI=1S/C17H26N4O.C15H22N4O2/c1-3-12(4-2)10-15-19-16-14(17(22)20-15)11-18-21(16)13-8-6-5-7-9-13;1-9(2)6-13-17-14-11(15(20)18-13)7-16-19(14)12-4-5-21-8-10(12)3/h11-13H,3-10H2,1-2H3,(H,19,20,22);7,9-10,12H,4-6,8H2,1-3H3,(H,17,18,20). The summed E-state index contributed by atoms with van der Waals surface area (Å²) in [5.74, 6) is 2.94. The van der Waals surface area contributed by atoms with Gasteiger partial charge in [-0.1, -0.05) is 66.7 Å². The van der Waals surface area contributed by atoms with Crippen molar-refractivity contribution in [3.8, 4) is 0 Å². The van der Waals surface area contributed by atoms with Crippen molar-refractivity contribution in [3.63, 3.8) is 0 Å². The number of fused-ring (bicyclic) bond motifs is 2. The molecule has 0 radical (unpaired) electrons. The van der Waals surface area contributed by atoms with Crippen molar-refractivity contribution < 1.29 is 4.74 Å². The molecular formula is C32H48N8O3. The minimum atomic E-state index is -0.0957. The maximum absolute atomic E-state index is 12.3. The first-order valence-corrected chi connectivity index (χ1v) is 16.3. The first-order chi connectivity index (χ1) is 20.8. The summed E-state index contributed by atoms with van der Waals surface area (Å²) in [6.07, 6.45) is 14.1. The molecule has 1 aliphatic carbocycles. The second-order valence-electron chi connectivity index (χ2n) is 12.9. The maximum Gasteiger partial charge on any atom is 0.262 e. The highest BCUT2D eigenvalue weighted by Gasteiger charge is 2.27. The molecule has 43 heavy (non-hydrogen) atoms. The van der Waals surface area contributed by atoms with Crippen LogP contribution in [0, 0.1) is 17.8 Å². The van der Waals surface area contributed by atoms with Crippen molar-refractivity contribution in [3.05, 3.63) is 44.8 Å². The molecule has 11 nitrogen and oxygen atoms in total. The van der Waals surface area contributed by atoms with Gasteiger partial charge in [0.25, 0.3) is 11.1 Å². The van der Waals surface area contributed by atoms with Crippen molar-refractivity contribution in [2.45, 2.75) is 111 Å². The number of hydrogen-bond donors (Lipinski definition) is 2. The summed E-state index contributed by atoms with van der Waals surface area (Å²) in [7, 11) is 0. The molecule has 1 aliphatic heterocycles. The number of rotatable bonds is 8. The highest BCUT2D eigenvalue weighted by atomic mass is 16.5. The average Bonchev–Trinajstić information content (AvgIpc) is 3.62. The molecule has 234 valence electrons. The SMILES string of the molecule is CC(C)Cc1nc2c(cnn2C2CCOCC2C)c(=O)[nH]1.CCC(CC)Cc1nc2c(cnn2C2CCCCC2)c(=O)[nH]1. The van der Waals surface area contributed by atoms with Crippen LogP contribution in [0.2, 0.25) is 0 Å². The Morgan fingerprint density at radius 3 is 2.02 bits per heavy atom. The zero-order chi connectivity index (χ0) is 30.5. The normalized spacial score (nSPS) is 19.8. The Bertz CT molecular complexity index is 1610. The Labute approximate surface area is 252 Å². The van der Waals surface area contributed by atoms with Crippen molar-refractivity contribution in [1.29, 1.82) is 0 Å². The molecule has 2 atom stereocenters. The lowest BCUT2D eigenvalue weighted by Crippen LogP contribution is -2.29. The molecule has 0 spiro atoms. The molecular weight excluding hydrogens is 544 g/mol. The minimum absolute atomic E-state index is 0.0481. The van der Waals surface area contributed by atoms with Crippen molar-refractivity contribution in [1.82, 2.24) is 39.5 Å². The van der Waals surface area contributed by atoms with Gasteiger partial charge in [0.15, 0.2) is 11.3 Å². The Balaban J connectivity index is 0.000000171. The number of H-pyrrole nitrogens is 2. The monoisotopic (exact) mass is 592 g/mol. The van der Waals surface area contributed by atoms with E-state index in [-0.39, 0.29) is 17.2 Å². The largest absolute Gasteiger partial charge is 0.381 e. The van der Waals surface area contributed by atoms with Crippen molar-refractivity contribution >= 4 is 22.1 Å². The second-order valence-corrected chi connectivity index (χ2v) is 12.9. The van der Waals surface area contributed by atoms with Crippen LogP contribution in [0.15, 0.2) is 22.0 Å². The molecule has 6 rings (SSSR count). The van der Waals surface area contributed by atoms with E-state index in [0.29, 0.717) is 40.2 Å². The Morgan fingerprint density at radius 2 is 1.44 bits per heavy atom. The van der Waals surface area contributed by atoms with Crippen LogP contribution in [-0.4, -0.2) is 52.7 Å². The van der Waals surface area contributed by atoms with E-state index >= 15 is 0 Å². The Hall–Kier alpha value is -3.34. The summed E-state index contributed by atoms with van der Waals surface area (Å²) in [4.78, 5) is 39.7. The van der Waals surface area contributed by atoms with E-state index in [2.05, 4.69) is 59.8 Å². The minimum Gasteiger partial charge on any atom is -0.381 e. The second kappa shape index (κ2) is 14.0. The molecule has 2 aliphatic rings. The predicted molar refractivity (Wildman–Crippen MR) is 168 cm³/mol. The summed E-state index contributed by atoms with van der Waals surface area (Å²) in [5.41, 5.74) is 1.33. The fraction of sp³-hybridized carbons (Fsp3) is 0.688. The van der Waals surface area contributed by atoms with Gasteiger partial charge in [-0.15, -0.1) is 0 Å². The smallest absolute Gasteiger partial charge is 0.262 e. The zero-order valence-electron chi connectivity index (χ0n) is 26.4. The van der Waals surface area contributed by atoms with Gasteiger partial charge in [-0.25, -0.2) is 19.3 Å². The van der Waals surface area contributed by atoms with E-state index in [0.717, 1.165) is 75.5 Å². The summed E-state index contributed by atoms with van der Waals surface area (Å²) < 4.78 is 9.41. The quantitative estimate of drug-likeness (QED) is 0.275. The van der Waals surface area contributed by atoms with Crippen LogP contribution in [0.3, 0.4) is 0 Å². The highest BCUT2D eigenvalue weighted by Crippen LogP contribution is 2.30. The number of nitrogens with one attached hydrogen (secondary N) is 2. The van der Waals surface area contributed by atoms with E-state index in [1.807, 2.05) is 9.36 Å². The van der Waals surface area contributed by atoms with Gasteiger partial charge in [-0.05, 0) is 31.1 Å². The predicted octanol–water partition coefficient (Wildman–Crippen LogP) is 5.52. The zero-order valence-corrected chi connectivity index (χ0v) is 26.4. The molecule has 1 saturated heterocycles. The lowest BCUT2D eigenvalue weighted by molar-refractivity contribution is 0.0262. The molecule has 0 amide bonds. The third-order valence-corrected chi connectivity index (χ3v) is 9.09. The molecule has 0 aromatic carbocycles. The first-order valence-electron chi connectivity index (χ1n) is 16.3. The number of aromatic amines is 2. The third kappa shape index (κ3) is 7.08. The average molecular weight is 593 g/mol. The highest BCUT2D eigenvalue weighted by molar-refractivity contribution is 5.74. The van der Waals surface area contributed by atoms with Gasteiger partial charge in [-0.3, -0.25) is 9.59 Å². The third-order valence-electron chi connectivity index (χ3n) is 9.09. The van der Waals surface area contributed by atoms with Gasteiger partial charge in [-0.2, -0.15) is 10.2 Å². The van der Waals surface area contributed by atoms with E-state index in [1.165, 1.54) is 19.3 Å². The number of hydrogen-bond acceptors (Lipinski definition) is 7. The summed E-state index contributed by atoms with van der Waals surface area (Å²) in [5, 5.41) is 10.1. The number of ether oxygens (including phenoxy) is 1. The molecule has 5 heterocycles. The molecule has 1 saturated carbocycles. The van der Waals surface area contributed by atoms with E-state index < -0.39 is 0 Å². The van der Waals surface area contributed by atoms with Crippen LogP contribution in [0.1, 0.15) is 110 Å². The van der Waals surface area contributed by atoms with Crippen molar-refractivity contribution in [2.24, 2.45) is 17.8 Å². The number of aromatic nitrogens is 8. The summed E-state index contributed by atoms with van der Waals surface area (Å²) in [6, 6.07) is 0.652.